The van der Waals surface area contributed by atoms with Gasteiger partial charge in [-0.25, -0.2) is 0 Å². The second kappa shape index (κ2) is 13.4. The summed E-state index contributed by atoms with van der Waals surface area (Å²) < 4.78 is 15.8. The number of nitrogens with zero attached hydrogens (tertiary/aromatic N) is 1. The van der Waals surface area contributed by atoms with Gasteiger partial charge in [0.1, 0.15) is 0 Å². The molecule has 30 heavy (non-hydrogen) atoms. The van der Waals surface area contributed by atoms with Crippen LogP contribution in [0, 0.1) is 0 Å². The number of carbonyl (C=O) groups is 2. The molecular weight excluding hydrogens is 379 g/mol. The van der Waals surface area contributed by atoms with E-state index in [1.54, 1.807) is 0 Å². The Kier molecular flexibility index (Phi) is 10.5. The number of esters is 1. The van der Waals surface area contributed by atoms with Gasteiger partial charge in [-0.3, -0.25) is 0 Å². The summed E-state index contributed by atoms with van der Waals surface area (Å²) in [5.74, 6) is -0.561. The Morgan fingerprint density at radius 2 is 1.60 bits per heavy atom. The van der Waals surface area contributed by atoms with Crippen molar-refractivity contribution in [3.8, 4) is 0 Å². The van der Waals surface area contributed by atoms with Gasteiger partial charge in [-0.15, -0.1) is 0 Å². The van der Waals surface area contributed by atoms with E-state index in [0.717, 1.165) is 31.1 Å². The standard InChI is InChI=1S/C23H29BN2O4/c1-30-23(28)16-21(13-12-19-8-4-2-5-9-19)25-22(27)17-26(18-24-29)15-14-20-10-6-3-7-11-20/h2-11,21H,12-18H2,1H3,(H,25,27). The van der Waals surface area contributed by atoms with E-state index in [4.69, 9.17) is 4.74 Å². The van der Waals surface area contributed by atoms with Crippen molar-refractivity contribution in [3.05, 3.63) is 71.8 Å². The van der Waals surface area contributed by atoms with Crippen LogP contribution < -0.4 is 5.32 Å². The SMILES string of the molecule is COC(=O)CC(CCc1ccccc1)NC(=O)CN(CB=O)CCc1ccccc1. The van der Waals surface area contributed by atoms with Crippen molar-refractivity contribution in [2.45, 2.75) is 31.7 Å². The fraction of sp³-hybridized carbons (Fsp3) is 0.391. The van der Waals surface area contributed by atoms with Crippen LogP contribution in [0.1, 0.15) is 24.0 Å². The number of methoxy groups -OCH3 is 1. The van der Waals surface area contributed by atoms with Crippen molar-refractivity contribution in [3.63, 3.8) is 0 Å². The first-order chi connectivity index (χ1) is 14.6. The number of hydrogen-bond acceptors (Lipinski definition) is 5. The van der Waals surface area contributed by atoms with Crippen LogP contribution in [0.3, 0.4) is 0 Å². The summed E-state index contributed by atoms with van der Waals surface area (Å²) in [5, 5.41) is 2.94. The zero-order valence-electron chi connectivity index (χ0n) is 17.5. The monoisotopic (exact) mass is 408 g/mol. The summed E-state index contributed by atoms with van der Waals surface area (Å²) in [6.07, 6.45) is 2.43. The predicted octanol–water partition coefficient (Wildman–Crippen LogP) is 2.22. The number of nitrogens with one attached hydrogen (secondary N) is 1. The van der Waals surface area contributed by atoms with Gasteiger partial charge < -0.3 is 0 Å². The van der Waals surface area contributed by atoms with Gasteiger partial charge in [-0.1, -0.05) is 0 Å². The summed E-state index contributed by atoms with van der Waals surface area (Å²) in [5.41, 5.74) is 2.30. The molecule has 158 valence electrons. The van der Waals surface area contributed by atoms with Crippen LogP contribution in [0.15, 0.2) is 60.7 Å². The van der Waals surface area contributed by atoms with Crippen LogP contribution in [0.25, 0.3) is 0 Å². The average molecular weight is 408 g/mol. The Morgan fingerprint density at radius 1 is 1.00 bits per heavy atom. The van der Waals surface area contributed by atoms with E-state index in [1.807, 2.05) is 65.6 Å². The van der Waals surface area contributed by atoms with Gasteiger partial charge in [0.25, 0.3) is 0 Å². The van der Waals surface area contributed by atoms with E-state index in [2.05, 4.69) is 5.32 Å². The van der Waals surface area contributed by atoms with Gasteiger partial charge in [-0.2, -0.15) is 0 Å². The second-order valence-corrected chi connectivity index (χ2v) is 7.21. The molecule has 0 radical (unpaired) electrons. The van der Waals surface area contributed by atoms with Gasteiger partial charge >= 0.3 is 178 Å². The van der Waals surface area contributed by atoms with Crippen molar-refractivity contribution in [1.29, 1.82) is 0 Å². The molecule has 0 aromatic heterocycles. The van der Waals surface area contributed by atoms with Gasteiger partial charge in [0.15, 0.2) is 0 Å². The minimum atomic E-state index is -0.359. The molecule has 0 aliphatic heterocycles. The molecule has 2 aromatic rings. The van der Waals surface area contributed by atoms with Crippen molar-refractivity contribution < 1.29 is 19.0 Å². The number of amides is 1. The molecule has 0 aliphatic carbocycles. The Labute approximate surface area is 178 Å². The number of rotatable bonds is 13. The fourth-order valence-corrected chi connectivity index (χ4v) is 3.24. The van der Waals surface area contributed by atoms with Crippen molar-refractivity contribution in [2.75, 3.05) is 26.6 Å². The van der Waals surface area contributed by atoms with E-state index in [0.29, 0.717) is 13.0 Å². The van der Waals surface area contributed by atoms with Crippen LogP contribution in [0.4, 0.5) is 0 Å². The first-order valence-corrected chi connectivity index (χ1v) is 10.2. The van der Waals surface area contributed by atoms with Crippen LogP contribution in [-0.4, -0.2) is 56.6 Å². The Bertz CT molecular complexity index is 786. The molecule has 0 bridgehead atoms. The minimum absolute atomic E-state index is 0.106. The molecular formula is C23H29BN2O4. The second-order valence-electron chi connectivity index (χ2n) is 7.21. The number of aryl methyl sites for hydroxylation is 1. The van der Waals surface area contributed by atoms with E-state index in [1.165, 1.54) is 7.11 Å². The Balaban J connectivity index is 1.90. The van der Waals surface area contributed by atoms with E-state index in [-0.39, 0.29) is 37.3 Å². The molecule has 1 amide bonds. The van der Waals surface area contributed by atoms with Crippen molar-refractivity contribution >= 4 is 19.0 Å². The summed E-state index contributed by atoms with van der Waals surface area (Å²) in [7, 11) is 2.15. The summed E-state index contributed by atoms with van der Waals surface area (Å²) in [4.78, 5) is 26.2. The van der Waals surface area contributed by atoms with Gasteiger partial charge in [0, 0.05) is 0 Å². The average Bonchev–Trinajstić information content (AvgIpc) is 2.77. The quantitative estimate of drug-likeness (QED) is 0.406. The Hall–Kier alpha value is -2.80. The maximum atomic E-state index is 12.6. The number of ether oxygens (including phenoxy) is 1. The van der Waals surface area contributed by atoms with Crippen LogP contribution >= 0.6 is 0 Å². The molecule has 2 aromatic carbocycles. The molecule has 7 heteroatoms. The maximum absolute atomic E-state index is 12.6. The molecule has 1 N–H and O–H groups in total. The van der Waals surface area contributed by atoms with Crippen LogP contribution in [0.5, 0.6) is 0 Å². The molecule has 1 atom stereocenters. The number of benzene rings is 2. The van der Waals surface area contributed by atoms with E-state index >= 15 is 0 Å². The third kappa shape index (κ3) is 9.14. The topological polar surface area (TPSA) is 75.7 Å². The summed E-state index contributed by atoms with van der Waals surface area (Å²) in [6, 6.07) is 19.5. The third-order valence-corrected chi connectivity index (χ3v) is 4.89. The third-order valence-electron chi connectivity index (χ3n) is 4.89. The van der Waals surface area contributed by atoms with Crippen LogP contribution in [0.2, 0.25) is 0 Å². The van der Waals surface area contributed by atoms with Gasteiger partial charge in [0.2, 0.25) is 0 Å². The molecule has 0 saturated carbocycles. The van der Waals surface area contributed by atoms with E-state index in [9.17, 15) is 14.3 Å². The molecule has 6 nitrogen and oxygen atoms in total. The predicted molar refractivity (Wildman–Crippen MR) is 116 cm³/mol. The van der Waals surface area contributed by atoms with Crippen molar-refractivity contribution in [1.82, 2.24) is 10.2 Å². The zero-order chi connectivity index (χ0) is 21.6. The molecule has 0 aliphatic rings. The molecule has 0 fully saturated rings. The molecule has 1 unspecified atom stereocenters. The normalized spacial score (nSPS) is 11.5. The fourth-order valence-electron chi connectivity index (χ4n) is 3.24. The molecule has 0 heterocycles. The summed E-state index contributed by atoms with van der Waals surface area (Å²) >= 11 is 0. The van der Waals surface area contributed by atoms with Gasteiger partial charge in [0.05, 0.1) is 0 Å². The van der Waals surface area contributed by atoms with Crippen molar-refractivity contribution in [2.24, 2.45) is 0 Å². The first-order valence-electron chi connectivity index (χ1n) is 10.2. The van der Waals surface area contributed by atoms with Gasteiger partial charge in [-0.05, 0) is 0 Å². The molecule has 0 spiro atoms. The number of hydrogen-bond donors (Lipinski definition) is 1. The van der Waals surface area contributed by atoms with E-state index < -0.39 is 0 Å². The first kappa shape index (κ1) is 23.5. The Morgan fingerprint density at radius 3 is 2.17 bits per heavy atom. The van der Waals surface area contributed by atoms with Crippen LogP contribution in [-0.2, 0) is 31.9 Å². The molecule has 0 saturated heterocycles. The zero-order valence-corrected chi connectivity index (χ0v) is 17.5. The summed E-state index contributed by atoms with van der Waals surface area (Å²) in [6.45, 7) is 0.705. The molecule has 2 rings (SSSR count). The number of carbonyl (C=O) groups excluding carboxylic acids is 2.